The predicted molar refractivity (Wildman–Crippen MR) is 79.5 cm³/mol. The van der Waals surface area contributed by atoms with Crippen molar-refractivity contribution in [3.63, 3.8) is 0 Å². The summed E-state index contributed by atoms with van der Waals surface area (Å²) in [4.78, 5) is 23.8. The van der Waals surface area contributed by atoms with Crippen LogP contribution in [0.15, 0.2) is 18.2 Å². The van der Waals surface area contributed by atoms with Crippen LogP contribution < -0.4 is 10.1 Å². The molecule has 1 aliphatic carbocycles. The highest BCUT2D eigenvalue weighted by Gasteiger charge is 2.41. The lowest BCUT2D eigenvalue weighted by Gasteiger charge is -2.15. The van der Waals surface area contributed by atoms with Gasteiger partial charge in [0.15, 0.2) is 6.10 Å². The first-order valence-electron chi connectivity index (χ1n) is 6.77. The van der Waals surface area contributed by atoms with Crippen LogP contribution in [0.2, 0.25) is 5.02 Å². The van der Waals surface area contributed by atoms with E-state index in [9.17, 15) is 9.59 Å². The van der Waals surface area contributed by atoms with Crippen LogP contribution in [0.3, 0.4) is 0 Å². The normalized spacial score (nSPS) is 21.3. The molecule has 0 radical (unpaired) electrons. The van der Waals surface area contributed by atoms with Gasteiger partial charge >= 0.3 is 5.97 Å². The quantitative estimate of drug-likeness (QED) is 0.849. The molecule has 0 aromatic heterocycles. The van der Waals surface area contributed by atoms with Crippen LogP contribution in [-0.2, 0) is 14.3 Å². The van der Waals surface area contributed by atoms with Crippen LogP contribution in [0.1, 0.15) is 20.3 Å². The van der Waals surface area contributed by atoms with Crippen molar-refractivity contribution in [1.82, 2.24) is 0 Å². The molecule has 21 heavy (non-hydrogen) atoms. The highest BCUT2D eigenvalue weighted by atomic mass is 35.5. The number of halogens is 1. The molecule has 0 spiro atoms. The van der Waals surface area contributed by atoms with Gasteiger partial charge in [0.05, 0.1) is 18.7 Å². The maximum atomic E-state index is 12.1. The van der Waals surface area contributed by atoms with Gasteiger partial charge in [0.25, 0.3) is 5.91 Å². The molecule has 1 aromatic rings. The molecule has 0 saturated heterocycles. The van der Waals surface area contributed by atoms with Crippen LogP contribution in [0.4, 0.5) is 5.69 Å². The van der Waals surface area contributed by atoms with Crippen LogP contribution in [-0.4, -0.2) is 25.1 Å². The van der Waals surface area contributed by atoms with Gasteiger partial charge in [0.2, 0.25) is 0 Å². The van der Waals surface area contributed by atoms with Crippen LogP contribution in [0, 0.1) is 11.8 Å². The number of carbonyl (C=O) groups excluding carboxylic acids is 2. The van der Waals surface area contributed by atoms with Gasteiger partial charge < -0.3 is 14.8 Å². The van der Waals surface area contributed by atoms with Gasteiger partial charge in [-0.3, -0.25) is 9.59 Å². The van der Waals surface area contributed by atoms with Crippen molar-refractivity contribution in [2.75, 3.05) is 12.4 Å². The molecule has 1 aromatic carbocycles. The summed E-state index contributed by atoms with van der Waals surface area (Å²) in [6.07, 6.45) is -0.0380. The fraction of sp³-hybridized carbons (Fsp3) is 0.467. The van der Waals surface area contributed by atoms with E-state index in [1.54, 1.807) is 18.2 Å². The number of amides is 1. The Kier molecular flexibility index (Phi) is 4.73. The smallest absolute Gasteiger partial charge is 0.309 e. The molecule has 3 atom stereocenters. The van der Waals surface area contributed by atoms with Crippen molar-refractivity contribution in [1.29, 1.82) is 0 Å². The zero-order valence-corrected chi connectivity index (χ0v) is 12.9. The minimum Gasteiger partial charge on any atom is -0.495 e. The van der Waals surface area contributed by atoms with Crippen LogP contribution in [0.25, 0.3) is 0 Å². The molecule has 0 heterocycles. The number of ether oxygens (including phenoxy) is 2. The Labute approximate surface area is 128 Å². The number of hydrogen-bond acceptors (Lipinski definition) is 4. The monoisotopic (exact) mass is 311 g/mol. The molecule has 2 rings (SSSR count). The second-order valence-corrected chi connectivity index (χ2v) is 5.67. The molecule has 5 nitrogen and oxygen atoms in total. The minimum absolute atomic E-state index is 0.0686. The lowest BCUT2D eigenvalue weighted by atomic mass is 10.2. The molecule has 1 aliphatic rings. The number of carbonyl (C=O) groups is 2. The molecule has 1 N–H and O–H groups in total. The number of anilines is 1. The Morgan fingerprint density at radius 3 is 2.67 bits per heavy atom. The fourth-order valence-corrected chi connectivity index (χ4v) is 2.15. The second kappa shape index (κ2) is 6.35. The summed E-state index contributed by atoms with van der Waals surface area (Å²) < 4.78 is 10.3. The minimum atomic E-state index is -0.867. The van der Waals surface area contributed by atoms with E-state index in [0.717, 1.165) is 6.42 Å². The summed E-state index contributed by atoms with van der Waals surface area (Å²) in [6.45, 7) is 3.52. The summed E-state index contributed by atoms with van der Waals surface area (Å²) in [6, 6.07) is 4.89. The average Bonchev–Trinajstić information content (AvgIpc) is 3.16. The topological polar surface area (TPSA) is 64.6 Å². The van der Waals surface area contributed by atoms with E-state index in [1.807, 2.05) is 6.92 Å². The lowest BCUT2D eigenvalue weighted by molar-refractivity contribution is -0.154. The van der Waals surface area contributed by atoms with E-state index in [0.29, 0.717) is 22.4 Å². The van der Waals surface area contributed by atoms with Crippen molar-refractivity contribution in [2.45, 2.75) is 26.4 Å². The number of benzene rings is 1. The molecule has 114 valence electrons. The first-order valence-corrected chi connectivity index (χ1v) is 7.15. The highest BCUT2D eigenvalue weighted by molar-refractivity contribution is 6.31. The van der Waals surface area contributed by atoms with Crippen LogP contribution in [0.5, 0.6) is 5.75 Å². The maximum Gasteiger partial charge on any atom is 0.309 e. The van der Waals surface area contributed by atoms with Gasteiger partial charge in [-0.15, -0.1) is 0 Å². The number of rotatable bonds is 5. The molecule has 1 saturated carbocycles. The third-order valence-electron chi connectivity index (χ3n) is 3.49. The Bertz CT molecular complexity index is 561. The number of nitrogens with one attached hydrogen (secondary N) is 1. The number of hydrogen-bond donors (Lipinski definition) is 1. The van der Waals surface area contributed by atoms with Crippen molar-refractivity contribution in [2.24, 2.45) is 11.8 Å². The van der Waals surface area contributed by atoms with Crippen molar-refractivity contribution in [3.05, 3.63) is 23.2 Å². The molecule has 1 amide bonds. The molecule has 1 fully saturated rings. The van der Waals surface area contributed by atoms with Crippen LogP contribution >= 0.6 is 11.6 Å². The van der Waals surface area contributed by atoms with Gasteiger partial charge in [-0.25, -0.2) is 0 Å². The summed E-state index contributed by atoms with van der Waals surface area (Å²) in [5.74, 6) is 0.0317. The number of esters is 1. The predicted octanol–water partition coefficient (Wildman–Crippen LogP) is 2.87. The Morgan fingerprint density at radius 2 is 2.10 bits per heavy atom. The van der Waals surface area contributed by atoms with Crippen molar-refractivity contribution in [3.8, 4) is 5.75 Å². The number of methoxy groups -OCH3 is 1. The summed E-state index contributed by atoms with van der Waals surface area (Å²) in [5.41, 5.74) is 0.442. The Balaban J connectivity index is 1.97. The van der Waals surface area contributed by atoms with Gasteiger partial charge in [-0.1, -0.05) is 18.5 Å². The zero-order valence-electron chi connectivity index (χ0n) is 12.2. The van der Waals surface area contributed by atoms with E-state index in [1.165, 1.54) is 14.0 Å². The van der Waals surface area contributed by atoms with E-state index < -0.39 is 12.0 Å². The second-order valence-electron chi connectivity index (χ2n) is 5.23. The highest BCUT2D eigenvalue weighted by Crippen LogP contribution is 2.38. The zero-order chi connectivity index (χ0) is 15.6. The first-order chi connectivity index (χ1) is 9.92. The molecule has 0 aliphatic heterocycles. The van der Waals surface area contributed by atoms with Gasteiger partial charge in [0.1, 0.15) is 5.75 Å². The SMILES string of the molecule is COc1ccc(Cl)cc1NC(=O)[C@H](C)OC(=O)[C@@H]1C[C@@H]1C. The van der Waals surface area contributed by atoms with E-state index in [4.69, 9.17) is 21.1 Å². The standard InChI is InChI=1S/C15H18ClNO4/c1-8-6-11(8)15(19)21-9(2)14(18)17-12-7-10(16)4-5-13(12)20-3/h4-5,7-9,11H,6H2,1-3H3,(H,17,18)/t8-,9-,11+/m0/s1. The maximum absolute atomic E-state index is 12.1. The third-order valence-corrected chi connectivity index (χ3v) is 3.73. The van der Waals surface area contributed by atoms with E-state index in [-0.39, 0.29) is 11.9 Å². The largest absolute Gasteiger partial charge is 0.495 e. The van der Waals surface area contributed by atoms with E-state index in [2.05, 4.69) is 5.32 Å². The molecular formula is C15H18ClNO4. The Hall–Kier alpha value is -1.75. The van der Waals surface area contributed by atoms with E-state index >= 15 is 0 Å². The fourth-order valence-electron chi connectivity index (χ4n) is 1.98. The average molecular weight is 312 g/mol. The summed E-state index contributed by atoms with van der Waals surface area (Å²) in [5, 5.41) is 3.13. The first kappa shape index (κ1) is 15.6. The molecule has 0 bridgehead atoms. The third kappa shape index (κ3) is 3.88. The summed E-state index contributed by atoms with van der Waals surface area (Å²) in [7, 11) is 1.50. The molecule has 6 heteroatoms. The lowest BCUT2D eigenvalue weighted by Crippen LogP contribution is -2.30. The Morgan fingerprint density at radius 1 is 1.43 bits per heavy atom. The van der Waals surface area contributed by atoms with Gasteiger partial charge in [0, 0.05) is 5.02 Å². The molecule has 0 unspecified atom stereocenters. The molecular weight excluding hydrogens is 294 g/mol. The summed E-state index contributed by atoms with van der Waals surface area (Å²) >= 11 is 5.89. The van der Waals surface area contributed by atoms with Gasteiger partial charge in [-0.05, 0) is 37.5 Å². The van der Waals surface area contributed by atoms with Gasteiger partial charge in [-0.2, -0.15) is 0 Å². The van der Waals surface area contributed by atoms with Crippen molar-refractivity contribution < 1.29 is 19.1 Å². The van der Waals surface area contributed by atoms with Crippen molar-refractivity contribution >= 4 is 29.2 Å².